The van der Waals surface area contributed by atoms with Crippen LogP contribution in [-0.2, 0) is 24.2 Å². The van der Waals surface area contributed by atoms with Crippen molar-refractivity contribution < 1.29 is 19.1 Å². The van der Waals surface area contributed by atoms with Crippen molar-refractivity contribution in [3.05, 3.63) is 70.1 Å². The van der Waals surface area contributed by atoms with Gasteiger partial charge in [0.25, 0.3) is 5.91 Å². The van der Waals surface area contributed by atoms with Crippen LogP contribution in [0.1, 0.15) is 39.2 Å². The van der Waals surface area contributed by atoms with Crippen molar-refractivity contribution in [3.63, 3.8) is 0 Å². The lowest BCUT2D eigenvalue weighted by molar-refractivity contribution is -0.113. The Morgan fingerprint density at radius 3 is 2.54 bits per heavy atom. The largest absolute Gasteiger partial charge is 0.497 e. The molecule has 11 heteroatoms. The molecule has 202 valence electrons. The molecule has 0 spiro atoms. The second-order valence-electron chi connectivity index (χ2n) is 8.99. The maximum atomic E-state index is 13.3. The predicted octanol–water partition coefficient (Wildman–Crippen LogP) is 5.09. The summed E-state index contributed by atoms with van der Waals surface area (Å²) in [7, 11) is 3.17. The minimum Gasteiger partial charge on any atom is -0.497 e. The van der Waals surface area contributed by atoms with E-state index in [-0.39, 0.29) is 17.6 Å². The SMILES string of the molecule is COc1cc(OC)cc(-c2nc(SCC(=O)Nc3sc4c(c3C(=O)NCc3ccccc3)CCCC4)n[nH]2)c1. The number of hydrogen-bond acceptors (Lipinski definition) is 8. The number of thiophene rings is 1. The Bertz CT molecular complexity index is 1450. The monoisotopic (exact) mass is 563 g/mol. The normalized spacial score (nSPS) is 12.5. The number of hydrogen-bond donors (Lipinski definition) is 3. The minimum absolute atomic E-state index is 0.104. The number of H-pyrrole nitrogens is 1. The summed E-state index contributed by atoms with van der Waals surface area (Å²) >= 11 is 2.72. The molecule has 0 bridgehead atoms. The summed E-state index contributed by atoms with van der Waals surface area (Å²) in [4.78, 5) is 31.9. The van der Waals surface area contributed by atoms with Gasteiger partial charge in [0, 0.05) is 23.1 Å². The molecule has 0 saturated heterocycles. The number of nitrogens with one attached hydrogen (secondary N) is 3. The molecular weight excluding hydrogens is 534 g/mol. The summed E-state index contributed by atoms with van der Waals surface area (Å²) in [5.74, 6) is 1.54. The first-order valence-electron chi connectivity index (χ1n) is 12.6. The first kappa shape index (κ1) is 26.8. The van der Waals surface area contributed by atoms with Crippen LogP contribution < -0.4 is 20.1 Å². The van der Waals surface area contributed by atoms with Gasteiger partial charge in [-0.3, -0.25) is 14.7 Å². The fraction of sp³-hybridized carbons (Fsp3) is 0.286. The molecule has 1 aliphatic rings. The zero-order chi connectivity index (χ0) is 27.2. The number of carbonyl (C=O) groups excluding carboxylic acids is 2. The molecule has 5 rings (SSSR count). The van der Waals surface area contributed by atoms with Crippen LogP contribution >= 0.6 is 23.1 Å². The van der Waals surface area contributed by atoms with E-state index >= 15 is 0 Å². The van der Waals surface area contributed by atoms with Crippen molar-refractivity contribution in [3.8, 4) is 22.9 Å². The number of carbonyl (C=O) groups is 2. The zero-order valence-electron chi connectivity index (χ0n) is 21.7. The first-order valence-corrected chi connectivity index (χ1v) is 14.4. The summed E-state index contributed by atoms with van der Waals surface area (Å²) < 4.78 is 10.7. The van der Waals surface area contributed by atoms with E-state index in [1.807, 2.05) is 42.5 Å². The summed E-state index contributed by atoms with van der Waals surface area (Å²) in [5.41, 5.74) is 3.43. The lowest BCUT2D eigenvalue weighted by Gasteiger charge is -2.13. The fourth-order valence-electron chi connectivity index (χ4n) is 4.44. The van der Waals surface area contributed by atoms with Gasteiger partial charge in [-0.05, 0) is 48.9 Å². The van der Waals surface area contributed by atoms with Crippen molar-refractivity contribution in [2.45, 2.75) is 37.4 Å². The topological polar surface area (TPSA) is 118 Å². The number of nitrogens with zero attached hydrogens (tertiary/aromatic N) is 2. The molecule has 0 radical (unpaired) electrons. The Morgan fingerprint density at radius 2 is 1.79 bits per heavy atom. The van der Waals surface area contributed by atoms with Gasteiger partial charge in [-0.1, -0.05) is 42.1 Å². The van der Waals surface area contributed by atoms with E-state index in [9.17, 15) is 9.59 Å². The minimum atomic E-state index is -0.217. The molecule has 9 nitrogen and oxygen atoms in total. The van der Waals surface area contributed by atoms with Gasteiger partial charge in [-0.15, -0.1) is 16.4 Å². The molecule has 4 aromatic rings. The van der Waals surface area contributed by atoms with E-state index in [2.05, 4.69) is 25.8 Å². The molecular formula is C28H29N5O4S2. The molecule has 0 aliphatic heterocycles. The van der Waals surface area contributed by atoms with E-state index in [4.69, 9.17) is 9.47 Å². The van der Waals surface area contributed by atoms with E-state index in [0.29, 0.717) is 39.6 Å². The van der Waals surface area contributed by atoms with Crippen molar-refractivity contribution in [2.24, 2.45) is 0 Å². The Hall–Kier alpha value is -3.83. The number of ether oxygens (including phenoxy) is 2. The highest BCUT2D eigenvalue weighted by atomic mass is 32.2. The maximum Gasteiger partial charge on any atom is 0.254 e. The second kappa shape index (κ2) is 12.4. The van der Waals surface area contributed by atoms with E-state index in [0.717, 1.165) is 42.4 Å². The van der Waals surface area contributed by atoms with Crippen LogP contribution in [0.3, 0.4) is 0 Å². The van der Waals surface area contributed by atoms with Gasteiger partial charge in [0.2, 0.25) is 11.1 Å². The third-order valence-corrected chi connectivity index (χ3v) is 8.42. The van der Waals surface area contributed by atoms with Gasteiger partial charge in [-0.2, -0.15) is 0 Å². The Morgan fingerprint density at radius 1 is 1.05 bits per heavy atom. The summed E-state index contributed by atoms with van der Waals surface area (Å²) in [6.45, 7) is 0.430. The number of fused-ring (bicyclic) bond motifs is 1. The summed E-state index contributed by atoms with van der Waals surface area (Å²) in [6, 6.07) is 15.2. The maximum absolute atomic E-state index is 13.3. The number of rotatable bonds is 10. The van der Waals surface area contributed by atoms with Gasteiger partial charge >= 0.3 is 0 Å². The van der Waals surface area contributed by atoms with Gasteiger partial charge < -0.3 is 20.1 Å². The molecule has 0 atom stereocenters. The van der Waals surface area contributed by atoms with Gasteiger partial charge in [0.05, 0.1) is 25.5 Å². The molecule has 0 fully saturated rings. The lowest BCUT2D eigenvalue weighted by Crippen LogP contribution is -2.25. The van der Waals surface area contributed by atoms with Crippen molar-refractivity contribution in [2.75, 3.05) is 25.3 Å². The predicted molar refractivity (Wildman–Crippen MR) is 153 cm³/mol. The van der Waals surface area contributed by atoms with E-state index in [1.165, 1.54) is 28.0 Å². The molecule has 2 aromatic carbocycles. The van der Waals surface area contributed by atoms with Crippen molar-refractivity contribution >= 4 is 39.9 Å². The number of amides is 2. The van der Waals surface area contributed by atoms with Crippen LogP contribution in [0.25, 0.3) is 11.4 Å². The molecule has 2 amide bonds. The highest BCUT2D eigenvalue weighted by Crippen LogP contribution is 2.38. The summed E-state index contributed by atoms with van der Waals surface area (Å²) in [5, 5.41) is 14.2. The average molecular weight is 564 g/mol. The number of aromatic amines is 1. The van der Waals surface area contributed by atoms with Crippen LogP contribution in [0.4, 0.5) is 5.00 Å². The first-order chi connectivity index (χ1) is 19.0. The average Bonchev–Trinajstić information content (AvgIpc) is 3.59. The van der Waals surface area contributed by atoms with Gasteiger partial charge in [0.1, 0.15) is 16.5 Å². The standard InChI is InChI=1S/C28H29N5O4S2/c1-36-19-12-18(13-20(14-19)37-2)25-31-28(33-32-25)38-16-23(34)30-27-24(21-10-6-7-11-22(21)39-27)26(35)29-15-17-8-4-3-5-9-17/h3-5,8-9,12-14H,6-7,10-11,15-16H2,1-2H3,(H,29,35)(H,30,34)(H,31,32,33). The molecule has 39 heavy (non-hydrogen) atoms. The Labute approximate surface area is 234 Å². The number of thioether (sulfide) groups is 1. The quantitative estimate of drug-likeness (QED) is 0.230. The molecule has 2 aromatic heterocycles. The van der Waals surface area contributed by atoms with Crippen LogP contribution in [0.2, 0.25) is 0 Å². The molecule has 0 saturated carbocycles. The van der Waals surface area contributed by atoms with Crippen LogP contribution in [0, 0.1) is 0 Å². The number of aromatic nitrogens is 3. The number of methoxy groups -OCH3 is 2. The Balaban J connectivity index is 1.25. The smallest absolute Gasteiger partial charge is 0.254 e. The van der Waals surface area contributed by atoms with Crippen LogP contribution in [0.15, 0.2) is 53.7 Å². The molecule has 3 N–H and O–H groups in total. The molecule has 2 heterocycles. The third-order valence-electron chi connectivity index (χ3n) is 6.37. The Kier molecular flexibility index (Phi) is 8.48. The molecule has 0 unspecified atom stereocenters. The highest BCUT2D eigenvalue weighted by molar-refractivity contribution is 7.99. The zero-order valence-corrected chi connectivity index (χ0v) is 23.3. The van der Waals surface area contributed by atoms with Crippen LogP contribution in [0.5, 0.6) is 11.5 Å². The lowest BCUT2D eigenvalue weighted by atomic mass is 9.95. The number of benzene rings is 2. The van der Waals surface area contributed by atoms with Crippen LogP contribution in [-0.4, -0.2) is 47.0 Å². The van der Waals surface area contributed by atoms with Gasteiger partial charge in [-0.25, -0.2) is 4.98 Å². The third kappa shape index (κ3) is 6.43. The summed E-state index contributed by atoms with van der Waals surface area (Å²) in [6.07, 6.45) is 3.91. The number of anilines is 1. The molecule has 1 aliphatic carbocycles. The van der Waals surface area contributed by atoms with Gasteiger partial charge in [0.15, 0.2) is 5.82 Å². The van der Waals surface area contributed by atoms with Crippen molar-refractivity contribution in [1.29, 1.82) is 0 Å². The van der Waals surface area contributed by atoms with Crippen molar-refractivity contribution in [1.82, 2.24) is 20.5 Å². The second-order valence-corrected chi connectivity index (χ2v) is 11.0. The van der Waals surface area contributed by atoms with E-state index in [1.54, 1.807) is 20.3 Å². The number of aryl methyl sites for hydroxylation is 1. The van der Waals surface area contributed by atoms with E-state index < -0.39 is 0 Å². The highest BCUT2D eigenvalue weighted by Gasteiger charge is 2.26. The fourth-order valence-corrected chi connectivity index (χ4v) is 6.34.